The van der Waals surface area contributed by atoms with E-state index in [1.54, 1.807) is 12.3 Å². The van der Waals surface area contributed by atoms with Crippen LogP contribution < -0.4 is 4.74 Å². The van der Waals surface area contributed by atoms with Gasteiger partial charge in [-0.15, -0.1) is 0 Å². The van der Waals surface area contributed by atoms with Gasteiger partial charge in [-0.1, -0.05) is 36.4 Å². The van der Waals surface area contributed by atoms with Crippen molar-refractivity contribution in [2.75, 3.05) is 0 Å². The van der Waals surface area contributed by atoms with Crippen LogP contribution in [0.5, 0.6) is 11.5 Å². The number of hydrogen-bond donors (Lipinski definition) is 1. The van der Waals surface area contributed by atoms with Crippen LogP contribution in [0.4, 0.5) is 0 Å². The van der Waals surface area contributed by atoms with Gasteiger partial charge in [0.2, 0.25) is 0 Å². The van der Waals surface area contributed by atoms with E-state index in [9.17, 15) is 10.4 Å². The van der Waals surface area contributed by atoms with Crippen LogP contribution in [0, 0.1) is 18.3 Å². The van der Waals surface area contributed by atoms with Gasteiger partial charge in [-0.05, 0) is 42.3 Å². The number of nitriles is 1. The number of ether oxygens (including phenoxy) is 1. The highest BCUT2D eigenvalue weighted by atomic mass is 16.5. The molecule has 0 atom stereocenters. The second-order valence-corrected chi connectivity index (χ2v) is 6.45. The summed E-state index contributed by atoms with van der Waals surface area (Å²) in [7, 11) is 0. The SMILES string of the molecule is Cc1ccc(-n2cc(C#N)c3cc(OCc4ccccc4)ccc32)cc1O. The first-order chi connectivity index (χ1) is 13.2. The largest absolute Gasteiger partial charge is 0.508 e. The fraction of sp³-hybridized carbons (Fsp3) is 0.0870. The number of rotatable bonds is 4. The predicted molar refractivity (Wildman–Crippen MR) is 105 cm³/mol. The monoisotopic (exact) mass is 354 g/mol. The molecule has 0 spiro atoms. The lowest BCUT2D eigenvalue weighted by Gasteiger charge is -2.09. The Morgan fingerprint density at radius 3 is 2.59 bits per heavy atom. The van der Waals surface area contributed by atoms with Crippen molar-refractivity contribution in [3.63, 3.8) is 0 Å². The number of fused-ring (bicyclic) bond motifs is 1. The lowest BCUT2D eigenvalue weighted by molar-refractivity contribution is 0.306. The Kier molecular flexibility index (Phi) is 4.27. The minimum atomic E-state index is 0.232. The first-order valence-corrected chi connectivity index (χ1v) is 8.67. The first kappa shape index (κ1) is 16.7. The van der Waals surface area contributed by atoms with Gasteiger partial charge in [0.05, 0.1) is 11.1 Å². The average molecular weight is 354 g/mol. The van der Waals surface area contributed by atoms with Crippen LogP contribution in [0.25, 0.3) is 16.6 Å². The van der Waals surface area contributed by atoms with Crippen LogP contribution >= 0.6 is 0 Å². The molecular weight excluding hydrogens is 336 g/mol. The maximum Gasteiger partial charge on any atom is 0.120 e. The second kappa shape index (κ2) is 6.89. The lowest BCUT2D eigenvalue weighted by atomic mass is 10.1. The van der Waals surface area contributed by atoms with E-state index in [1.165, 1.54) is 0 Å². The van der Waals surface area contributed by atoms with Gasteiger partial charge in [0, 0.05) is 23.3 Å². The lowest BCUT2D eigenvalue weighted by Crippen LogP contribution is -1.95. The number of phenols is 1. The molecule has 27 heavy (non-hydrogen) atoms. The number of hydrogen-bond acceptors (Lipinski definition) is 3. The summed E-state index contributed by atoms with van der Waals surface area (Å²) >= 11 is 0. The van der Waals surface area contributed by atoms with Gasteiger partial charge in [0.1, 0.15) is 24.2 Å². The van der Waals surface area contributed by atoms with Gasteiger partial charge in [0.15, 0.2) is 0 Å². The van der Waals surface area contributed by atoms with Crippen LogP contribution in [0.3, 0.4) is 0 Å². The van der Waals surface area contributed by atoms with Gasteiger partial charge in [0.25, 0.3) is 0 Å². The van der Waals surface area contributed by atoms with Gasteiger partial charge >= 0.3 is 0 Å². The Morgan fingerprint density at radius 1 is 1.04 bits per heavy atom. The zero-order valence-electron chi connectivity index (χ0n) is 14.9. The summed E-state index contributed by atoms with van der Waals surface area (Å²) in [5.41, 5.74) is 4.16. The Morgan fingerprint density at radius 2 is 1.85 bits per heavy atom. The Labute approximate surface area is 157 Å². The Bertz CT molecular complexity index is 1150. The number of phenolic OH excluding ortho intramolecular Hbond substituents is 1. The molecule has 132 valence electrons. The van der Waals surface area contributed by atoms with Crippen molar-refractivity contribution in [1.29, 1.82) is 5.26 Å². The molecule has 0 unspecified atom stereocenters. The standard InChI is InChI=1S/C23H18N2O2/c1-16-7-8-19(11-23(16)26)25-14-18(13-24)21-12-20(9-10-22(21)25)27-15-17-5-3-2-4-6-17/h2-12,14,26H,15H2,1H3. The molecular formula is C23H18N2O2. The molecule has 4 rings (SSSR count). The molecule has 0 saturated heterocycles. The molecule has 0 bridgehead atoms. The molecule has 0 aliphatic heterocycles. The third kappa shape index (κ3) is 3.23. The summed E-state index contributed by atoms with van der Waals surface area (Å²) < 4.78 is 7.80. The second-order valence-electron chi connectivity index (χ2n) is 6.45. The summed E-state index contributed by atoms with van der Waals surface area (Å²) in [5, 5.41) is 20.4. The van der Waals surface area contributed by atoms with Gasteiger partial charge < -0.3 is 14.4 Å². The van der Waals surface area contributed by atoms with Crippen LogP contribution in [0.15, 0.2) is 72.9 Å². The summed E-state index contributed by atoms with van der Waals surface area (Å²) in [4.78, 5) is 0. The Hall–Kier alpha value is -3.71. The van der Waals surface area contributed by atoms with Crippen molar-refractivity contribution in [1.82, 2.24) is 4.57 Å². The molecule has 0 aliphatic rings. The molecule has 4 nitrogen and oxygen atoms in total. The third-order valence-corrected chi connectivity index (χ3v) is 4.62. The average Bonchev–Trinajstić information content (AvgIpc) is 3.07. The number of benzene rings is 3. The summed E-state index contributed by atoms with van der Waals surface area (Å²) in [6.45, 7) is 2.32. The highest BCUT2D eigenvalue weighted by Crippen LogP contribution is 2.30. The van der Waals surface area contributed by atoms with Crippen molar-refractivity contribution in [3.05, 3.63) is 89.6 Å². The van der Waals surface area contributed by atoms with E-state index in [2.05, 4.69) is 6.07 Å². The van der Waals surface area contributed by atoms with E-state index in [1.807, 2.05) is 72.2 Å². The van der Waals surface area contributed by atoms with Crippen LogP contribution in [-0.4, -0.2) is 9.67 Å². The minimum Gasteiger partial charge on any atom is -0.508 e. The van der Waals surface area contributed by atoms with E-state index < -0.39 is 0 Å². The van der Waals surface area contributed by atoms with Crippen molar-refractivity contribution in [3.8, 4) is 23.3 Å². The zero-order valence-corrected chi connectivity index (χ0v) is 14.9. The van der Waals surface area contributed by atoms with Gasteiger partial charge in [-0.3, -0.25) is 0 Å². The van der Waals surface area contributed by atoms with Gasteiger partial charge in [-0.25, -0.2) is 0 Å². The van der Waals surface area contributed by atoms with E-state index in [0.717, 1.165) is 27.7 Å². The van der Waals surface area contributed by atoms with Crippen molar-refractivity contribution >= 4 is 10.9 Å². The topological polar surface area (TPSA) is 58.2 Å². The quantitative estimate of drug-likeness (QED) is 0.555. The molecule has 0 aliphatic carbocycles. The molecule has 4 heteroatoms. The maximum atomic E-state index is 10.0. The third-order valence-electron chi connectivity index (χ3n) is 4.62. The molecule has 1 aromatic heterocycles. The summed E-state index contributed by atoms with van der Waals surface area (Å²) in [6, 6.07) is 23.4. The van der Waals surface area contributed by atoms with E-state index in [4.69, 9.17) is 4.74 Å². The number of nitrogens with zero attached hydrogens (tertiary/aromatic N) is 2. The number of aryl methyl sites for hydroxylation is 1. The van der Waals surface area contributed by atoms with Gasteiger partial charge in [-0.2, -0.15) is 5.26 Å². The van der Waals surface area contributed by atoms with Crippen LogP contribution in [0.1, 0.15) is 16.7 Å². The Balaban J connectivity index is 1.71. The molecule has 3 aromatic carbocycles. The van der Waals surface area contributed by atoms with E-state index in [0.29, 0.717) is 17.9 Å². The fourth-order valence-corrected chi connectivity index (χ4v) is 3.09. The van der Waals surface area contributed by atoms with Crippen LogP contribution in [-0.2, 0) is 6.61 Å². The van der Waals surface area contributed by atoms with E-state index in [-0.39, 0.29) is 5.75 Å². The molecule has 1 heterocycles. The highest BCUT2D eigenvalue weighted by Gasteiger charge is 2.12. The number of aromatic nitrogens is 1. The van der Waals surface area contributed by atoms with Crippen LogP contribution in [0.2, 0.25) is 0 Å². The normalized spacial score (nSPS) is 10.7. The molecule has 4 aromatic rings. The zero-order chi connectivity index (χ0) is 18.8. The summed E-state index contributed by atoms with van der Waals surface area (Å²) in [6.07, 6.45) is 1.79. The number of aromatic hydroxyl groups is 1. The molecule has 0 amide bonds. The molecule has 0 fully saturated rings. The maximum absolute atomic E-state index is 10.0. The first-order valence-electron chi connectivity index (χ1n) is 8.67. The van der Waals surface area contributed by atoms with Crippen molar-refractivity contribution in [2.24, 2.45) is 0 Å². The molecule has 1 N–H and O–H groups in total. The smallest absolute Gasteiger partial charge is 0.120 e. The van der Waals surface area contributed by atoms with E-state index >= 15 is 0 Å². The van der Waals surface area contributed by atoms with Crippen molar-refractivity contribution in [2.45, 2.75) is 13.5 Å². The molecule has 0 radical (unpaired) electrons. The van der Waals surface area contributed by atoms with Crippen molar-refractivity contribution < 1.29 is 9.84 Å². The molecule has 0 saturated carbocycles. The predicted octanol–water partition coefficient (Wildman–Crippen LogP) is 5.10. The highest BCUT2D eigenvalue weighted by molar-refractivity contribution is 5.89. The summed E-state index contributed by atoms with van der Waals surface area (Å²) in [5.74, 6) is 0.947. The fourth-order valence-electron chi connectivity index (χ4n) is 3.09. The minimum absolute atomic E-state index is 0.232.